The Labute approximate surface area is 337 Å². The molecule has 2 heterocycles. The van der Waals surface area contributed by atoms with Crippen LogP contribution in [0.2, 0.25) is 26.2 Å². The predicted molar refractivity (Wildman–Crippen MR) is 243 cm³/mol. The van der Waals surface area contributed by atoms with Crippen LogP contribution in [0.5, 0.6) is 11.5 Å². The third kappa shape index (κ3) is 4.44. The van der Waals surface area contributed by atoms with Crippen LogP contribution < -0.4 is 25.5 Å². The van der Waals surface area contributed by atoms with Crippen LogP contribution in [-0.4, -0.2) is 16.1 Å². The Morgan fingerprint density at radius 2 is 1.00 bits per heavy atom. The second-order valence-corrected chi connectivity index (χ2v) is 28.2. The molecule has 0 bridgehead atoms. The summed E-state index contributed by atoms with van der Waals surface area (Å²) in [6, 6.07) is 51.0. The summed E-state index contributed by atoms with van der Waals surface area (Å²) in [7, 11) is -3.91. The summed E-state index contributed by atoms with van der Waals surface area (Å²) in [5, 5.41) is 5.89. The summed E-state index contributed by atoms with van der Waals surface area (Å²) in [5.74, 6) is 2.11. The quantitative estimate of drug-likeness (QED) is 0.162. The zero-order valence-electron chi connectivity index (χ0n) is 33.5. The maximum Gasteiger partial charge on any atom is 0.135 e. The van der Waals surface area contributed by atoms with E-state index in [1.165, 1.54) is 86.9 Å². The van der Waals surface area contributed by atoms with E-state index in [0.29, 0.717) is 0 Å². The molecular formula is C52H46OSSi2. The molecule has 0 unspecified atom stereocenters. The minimum absolute atomic E-state index is 0.00369. The van der Waals surface area contributed by atoms with Crippen molar-refractivity contribution in [2.45, 2.75) is 74.5 Å². The molecular weight excluding hydrogens is 729 g/mol. The van der Waals surface area contributed by atoms with Gasteiger partial charge in [-0.3, -0.25) is 0 Å². The lowest BCUT2D eigenvalue weighted by atomic mass is 9.81. The highest BCUT2D eigenvalue weighted by Crippen LogP contribution is 2.56. The molecule has 0 saturated heterocycles. The van der Waals surface area contributed by atoms with Gasteiger partial charge in [-0.25, -0.2) is 0 Å². The van der Waals surface area contributed by atoms with Crippen molar-refractivity contribution >= 4 is 48.7 Å². The van der Waals surface area contributed by atoms with E-state index in [9.17, 15) is 0 Å². The maximum absolute atomic E-state index is 6.83. The fourth-order valence-electron chi connectivity index (χ4n) is 10.7. The molecule has 56 heavy (non-hydrogen) atoms. The van der Waals surface area contributed by atoms with Crippen molar-refractivity contribution in [1.82, 2.24) is 0 Å². The monoisotopic (exact) mass is 774 g/mol. The smallest absolute Gasteiger partial charge is 0.135 e. The molecule has 0 amide bonds. The molecule has 2 aliphatic heterocycles. The molecule has 7 aromatic rings. The largest absolute Gasteiger partial charge is 0.457 e. The van der Waals surface area contributed by atoms with Gasteiger partial charge in [-0.05, 0) is 94.1 Å². The Balaban J connectivity index is 0.973. The number of ether oxygens (including phenoxy) is 1. The topological polar surface area (TPSA) is 9.23 Å². The van der Waals surface area contributed by atoms with Crippen molar-refractivity contribution in [1.29, 1.82) is 0 Å². The van der Waals surface area contributed by atoms with Crippen molar-refractivity contribution in [2.24, 2.45) is 0 Å². The lowest BCUT2D eigenvalue weighted by Gasteiger charge is -2.35. The first kappa shape index (κ1) is 34.4. The Bertz CT molecular complexity index is 2860. The normalized spacial score (nSPS) is 17.6. The van der Waals surface area contributed by atoms with Gasteiger partial charge in [0.05, 0.1) is 0 Å². The summed E-state index contributed by atoms with van der Waals surface area (Å²) in [6.45, 7) is 19.6. The maximum atomic E-state index is 6.83. The number of benzene rings is 7. The second-order valence-electron chi connectivity index (χ2n) is 18.5. The van der Waals surface area contributed by atoms with Gasteiger partial charge in [-0.2, -0.15) is 0 Å². The Kier molecular flexibility index (Phi) is 6.98. The van der Waals surface area contributed by atoms with Crippen molar-refractivity contribution in [3.63, 3.8) is 0 Å². The van der Waals surface area contributed by atoms with Crippen molar-refractivity contribution in [2.75, 3.05) is 0 Å². The van der Waals surface area contributed by atoms with Crippen molar-refractivity contribution in [3.05, 3.63) is 156 Å². The zero-order chi connectivity index (χ0) is 38.5. The van der Waals surface area contributed by atoms with Crippen molar-refractivity contribution in [3.8, 4) is 56.0 Å². The molecule has 11 rings (SSSR count). The first-order valence-electron chi connectivity index (χ1n) is 20.1. The molecule has 0 radical (unpaired) electrons. The van der Waals surface area contributed by atoms with E-state index < -0.39 is 16.1 Å². The van der Waals surface area contributed by atoms with Crippen LogP contribution in [0.1, 0.15) is 49.9 Å². The first-order chi connectivity index (χ1) is 26.8. The van der Waals surface area contributed by atoms with Gasteiger partial charge in [0.1, 0.15) is 27.6 Å². The Morgan fingerprint density at radius 3 is 1.80 bits per heavy atom. The molecule has 0 spiro atoms. The van der Waals surface area contributed by atoms with Crippen LogP contribution in [0.15, 0.2) is 143 Å². The number of fused-ring (bicyclic) bond motifs is 12. The van der Waals surface area contributed by atoms with Gasteiger partial charge in [-0.15, -0.1) is 0 Å². The lowest BCUT2D eigenvalue weighted by Crippen LogP contribution is -2.56. The second kappa shape index (κ2) is 11.4. The standard InChI is InChI=1S/C52H46OSSi2/c1-51(2)37-16-10-9-14-35(37)47-39(51)27-29-45-50(47)54-49-34(15-13-19-44(49)56(45,7)8)32-22-20-31(21-23-32)33-24-25-36-40(30-33)52(3,4)38-26-28-43-48(46(36)38)53-41-17-11-12-18-42(41)55(43,5)6/h9-30H,1-8H3. The van der Waals surface area contributed by atoms with Crippen molar-refractivity contribution < 1.29 is 4.74 Å². The minimum atomic E-state index is -1.98. The van der Waals surface area contributed by atoms with Gasteiger partial charge in [0, 0.05) is 26.2 Å². The van der Waals surface area contributed by atoms with Crippen LogP contribution in [0, 0.1) is 0 Å². The molecule has 2 aliphatic carbocycles. The van der Waals surface area contributed by atoms with Crippen LogP contribution in [0.4, 0.5) is 0 Å². The molecule has 1 nitrogen and oxygen atoms in total. The number of para-hydroxylation sites is 1. The van der Waals surface area contributed by atoms with E-state index >= 15 is 0 Å². The third-order valence-electron chi connectivity index (χ3n) is 14.0. The molecule has 4 heteroatoms. The van der Waals surface area contributed by atoms with E-state index in [-0.39, 0.29) is 10.8 Å². The van der Waals surface area contributed by atoms with E-state index in [2.05, 4.69) is 187 Å². The van der Waals surface area contributed by atoms with Gasteiger partial charge in [0.15, 0.2) is 0 Å². The molecule has 7 aromatic carbocycles. The van der Waals surface area contributed by atoms with E-state index in [1.807, 2.05) is 11.8 Å². The summed E-state index contributed by atoms with van der Waals surface area (Å²) < 4.78 is 6.83. The van der Waals surface area contributed by atoms with E-state index in [1.54, 1.807) is 10.4 Å². The number of hydrogen-bond acceptors (Lipinski definition) is 2. The van der Waals surface area contributed by atoms with Gasteiger partial charge in [-0.1, -0.05) is 187 Å². The SMILES string of the molecule is CC1(C)c2cc(-c3ccc(-c4cccc5c4Sc4c(ccc6c4-c4ccccc4C6(C)C)[Si]5(C)C)cc3)ccc2-c2c1ccc1c2Oc2ccccc2[Si]1(C)C. The van der Waals surface area contributed by atoms with Crippen LogP contribution in [0.3, 0.4) is 0 Å². The fraction of sp³-hybridized carbons (Fsp3) is 0.192. The summed E-state index contributed by atoms with van der Waals surface area (Å²) in [5.41, 5.74) is 16.1. The molecule has 0 aromatic heterocycles. The Morgan fingerprint density at radius 1 is 0.429 bits per heavy atom. The molecule has 0 fully saturated rings. The molecule has 4 aliphatic rings. The highest BCUT2D eigenvalue weighted by molar-refractivity contribution is 8.00. The molecule has 0 saturated carbocycles. The van der Waals surface area contributed by atoms with Crippen LogP contribution >= 0.6 is 11.8 Å². The predicted octanol–water partition coefficient (Wildman–Crippen LogP) is 11.8. The third-order valence-corrected chi connectivity index (χ3v) is 22.7. The highest BCUT2D eigenvalue weighted by Gasteiger charge is 2.45. The number of rotatable bonds is 2. The van der Waals surface area contributed by atoms with Gasteiger partial charge >= 0.3 is 0 Å². The van der Waals surface area contributed by atoms with Crippen LogP contribution in [-0.2, 0) is 10.8 Å². The lowest BCUT2D eigenvalue weighted by molar-refractivity contribution is 0.487. The average Bonchev–Trinajstić information content (AvgIpc) is 3.57. The summed E-state index contributed by atoms with van der Waals surface area (Å²) in [4.78, 5) is 2.92. The van der Waals surface area contributed by atoms with Gasteiger partial charge in [0.25, 0.3) is 0 Å². The Hall–Kier alpha value is -4.88. The first-order valence-corrected chi connectivity index (χ1v) is 26.9. The minimum Gasteiger partial charge on any atom is -0.457 e. The fourth-order valence-corrected chi connectivity index (χ4v) is 19.2. The van der Waals surface area contributed by atoms with E-state index in [4.69, 9.17) is 4.74 Å². The molecule has 274 valence electrons. The zero-order valence-corrected chi connectivity index (χ0v) is 36.3. The number of hydrogen-bond donors (Lipinski definition) is 0. The van der Waals surface area contributed by atoms with Gasteiger partial charge < -0.3 is 4.74 Å². The summed E-state index contributed by atoms with van der Waals surface area (Å²) >= 11 is 2.02. The summed E-state index contributed by atoms with van der Waals surface area (Å²) in [6.07, 6.45) is 0. The van der Waals surface area contributed by atoms with Gasteiger partial charge in [0.2, 0.25) is 0 Å². The molecule has 0 atom stereocenters. The molecule has 0 N–H and O–H groups in total. The average molecular weight is 775 g/mol. The highest BCUT2D eigenvalue weighted by atomic mass is 32.2. The van der Waals surface area contributed by atoms with Crippen LogP contribution in [0.25, 0.3) is 44.5 Å². The van der Waals surface area contributed by atoms with E-state index in [0.717, 1.165) is 11.5 Å².